The van der Waals surface area contributed by atoms with E-state index in [0.717, 1.165) is 35.4 Å². The smallest absolute Gasteiger partial charge is 0.137 e. The molecule has 108 valence electrons. The second-order valence-corrected chi connectivity index (χ2v) is 4.91. The van der Waals surface area contributed by atoms with Crippen LogP contribution in [0.15, 0.2) is 12.4 Å². The highest BCUT2D eigenvalue weighted by molar-refractivity contribution is 5.58. The van der Waals surface area contributed by atoms with Crippen LogP contribution < -0.4 is 10.2 Å². The van der Waals surface area contributed by atoms with Crippen molar-refractivity contribution in [2.75, 3.05) is 23.8 Å². The average Bonchev–Trinajstić information content (AvgIpc) is 2.79. The Morgan fingerprint density at radius 1 is 1.30 bits per heavy atom. The number of aromatic nitrogens is 4. The van der Waals surface area contributed by atoms with E-state index < -0.39 is 0 Å². The van der Waals surface area contributed by atoms with Gasteiger partial charge in [-0.05, 0) is 20.8 Å². The predicted octanol–water partition coefficient (Wildman–Crippen LogP) is 1.90. The summed E-state index contributed by atoms with van der Waals surface area (Å²) in [5.41, 5.74) is 1.06. The Morgan fingerprint density at radius 3 is 2.65 bits per heavy atom. The molecule has 0 aliphatic carbocycles. The molecule has 2 heterocycles. The SMILES string of the molecule is CCNc1nc(C)nc(N(C)Cc2nccn2C)c1C. The molecule has 0 bridgehead atoms. The van der Waals surface area contributed by atoms with Crippen molar-refractivity contribution in [1.82, 2.24) is 19.5 Å². The molecule has 2 aromatic heterocycles. The molecular formula is C14H22N6. The molecule has 0 saturated carbocycles. The summed E-state index contributed by atoms with van der Waals surface area (Å²) in [6.45, 7) is 7.58. The molecule has 1 N–H and O–H groups in total. The average molecular weight is 274 g/mol. The number of anilines is 2. The zero-order chi connectivity index (χ0) is 14.7. The summed E-state index contributed by atoms with van der Waals surface area (Å²) in [5, 5.41) is 3.28. The molecule has 0 aromatic carbocycles. The summed E-state index contributed by atoms with van der Waals surface area (Å²) >= 11 is 0. The van der Waals surface area contributed by atoms with Crippen molar-refractivity contribution in [1.29, 1.82) is 0 Å². The van der Waals surface area contributed by atoms with Gasteiger partial charge in [-0.25, -0.2) is 15.0 Å². The summed E-state index contributed by atoms with van der Waals surface area (Å²) in [4.78, 5) is 15.5. The van der Waals surface area contributed by atoms with Gasteiger partial charge < -0.3 is 14.8 Å². The number of rotatable bonds is 5. The molecule has 0 aliphatic rings. The normalized spacial score (nSPS) is 10.7. The summed E-state index contributed by atoms with van der Waals surface area (Å²) in [7, 11) is 4.03. The van der Waals surface area contributed by atoms with Crippen molar-refractivity contribution < 1.29 is 0 Å². The molecule has 2 rings (SSSR count). The van der Waals surface area contributed by atoms with Crippen molar-refractivity contribution >= 4 is 11.6 Å². The minimum atomic E-state index is 0.715. The molecule has 0 saturated heterocycles. The first-order valence-corrected chi connectivity index (χ1v) is 6.79. The van der Waals surface area contributed by atoms with E-state index in [-0.39, 0.29) is 0 Å². The Balaban J connectivity index is 2.29. The maximum Gasteiger partial charge on any atom is 0.137 e. The second-order valence-electron chi connectivity index (χ2n) is 4.91. The third-order valence-electron chi connectivity index (χ3n) is 3.24. The predicted molar refractivity (Wildman–Crippen MR) is 81.0 cm³/mol. The number of nitrogens with zero attached hydrogens (tertiary/aromatic N) is 5. The largest absolute Gasteiger partial charge is 0.370 e. The van der Waals surface area contributed by atoms with Gasteiger partial charge in [-0.1, -0.05) is 0 Å². The molecule has 0 amide bonds. The lowest BCUT2D eigenvalue weighted by atomic mass is 10.2. The topological polar surface area (TPSA) is 58.9 Å². The standard InChI is InChI=1S/C14H22N6/c1-6-15-13-10(2)14(18-11(3)17-13)20(5)9-12-16-7-8-19(12)4/h7-8H,6,9H2,1-5H3,(H,15,17,18). The fourth-order valence-electron chi connectivity index (χ4n) is 2.16. The maximum absolute atomic E-state index is 4.56. The highest BCUT2D eigenvalue weighted by Gasteiger charge is 2.14. The van der Waals surface area contributed by atoms with Gasteiger partial charge in [-0.3, -0.25) is 0 Å². The Morgan fingerprint density at radius 2 is 2.05 bits per heavy atom. The quantitative estimate of drug-likeness (QED) is 0.902. The van der Waals surface area contributed by atoms with Crippen LogP contribution >= 0.6 is 0 Å². The molecule has 0 unspecified atom stereocenters. The molecule has 6 nitrogen and oxygen atoms in total. The van der Waals surface area contributed by atoms with Gasteiger partial charge in [0.2, 0.25) is 0 Å². The van der Waals surface area contributed by atoms with Gasteiger partial charge in [0.15, 0.2) is 0 Å². The van der Waals surface area contributed by atoms with E-state index in [1.54, 1.807) is 0 Å². The molecule has 2 aromatic rings. The minimum absolute atomic E-state index is 0.715. The van der Waals surface area contributed by atoms with Crippen LogP contribution in [0.1, 0.15) is 24.1 Å². The Kier molecular flexibility index (Phi) is 4.22. The number of nitrogens with one attached hydrogen (secondary N) is 1. The Labute approximate surface area is 119 Å². The zero-order valence-corrected chi connectivity index (χ0v) is 12.8. The van der Waals surface area contributed by atoms with Gasteiger partial charge in [-0.15, -0.1) is 0 Å². The second kappa shape index (κ2) is 5.90. The van der Waals surface area contributed by atoms with Crippen LogP contribution in [0, 0.1) is 13.8 Å². The van der Waals surface area contributed by atoms with Gasteiger partial charge >= 0.3 is 0 Å². The molecular weight excluding hydrogens is 252 g/mol. The maximum atomic E-state index is 4.56. The van der Waals surface area contributed by atoms with E-state index >= 15 is 0 Å². The van der Waals surface area contributed by atoms with E-state index in [1.807, 2.05) is 44.9 Å². The van der Waals surface area contributed by atoms with Crippen LogP contribution in [0.5, 0.6) is 0 Å². The van der Waals surface area contributed by atoms with Gasteiger partial charge in [0.1, 0.15) is 23.3 Å². The van der Waals surface area contributed by atoms with Crippen molar-refractivity contribution in [2.45, 2.75) is 27.3 Å². The summed E-state index contributed by atoms with van der Waals surface area (Å²) in [6, 6.07) is 0. The van der Waals surface area contributed by atoms with Crippen LogP contribution in [-0.2, 0) is 13.6 Å². The van der Waals surface area contributed by atoms with E-state index in [1.165, 1.54) is 0 Å². The van der Waals surface area contributed by atoms with Crippen molar-refractivity contribution in [3.05, 3.63) is 29.6 Å². The Bertz CT molecular complexity index is 589. The summed E-state index contributed by atoms with van der Waals surface area (Å²) < 4.78 is 2.02. The van der Waals surface area contributed by atoms with E-state index in [0.29, 0.717) is 6.54 Å². The highest BCUT2D eigenvalue weighted by Crippen LogP contribution is 2.23. The lowest BCUT2D eigenvalue weighted by Crippen LogP contribution is -2.22. The third-order valence-corrected chi connectivity index (χ3v) is 3.24. The highest BCUT2D eigenvalue weighted by atomic mass is 15.2. The van der Waals surface area contributed by atoms with E-state index in [2.05, 4.69) is 32.1 Å². The fraction of sp³-hybridized carbons (Fsp3) is 0.500. The lowest BCUT2D eigenvalue weighted by Gasteiger charge is -2.21. The van der Waals surface area contributed by atoms with E-state index in [4.69, 9.17) is 0 Å². The molecule has 0 aliphatic heterocycles. The monoisotopic (exact) mass is 274 g/mol. The first kappa shape index (κ1) is 14.3. The number of imidazole rings is 1. The van der Waals surface area contributed by atoms with Crippen LogP contribution in [0.3, 0.4) is 0 Å². The van der Waals surface area contributed by atoms with Crippen LogP contribution in [-0.4, -0.2) is 33.1 Å². The number of hydrogen-bond donors (Lipinski definition) is 1. The van der Waals surface area contributed by atoms with Gasteiger partial charge in [0.25, 0.3) is 0 Å². The van der Waals surface area contributed by atoms with E-state index in [9.17, 15) is 0 Å². The molecule has 0 atom stereocenters. The molecule has 0 fully saturated rings. The summed E-state index contributed by atoms with van der Waals surface area (Å²) in [5.74, 6) is 3.62. The van der Waals surface area contributed by atoms with Gasteiger partial charge in [0, 0.05) is 38.6 Å². The van der Waals surface area contributed by atoms with Crippen molar-refractivity contribution in [3.8, 4) is 0 Å². The minimum Gasteiger partial charge on any atom is -0.370 e. The van der Waals surface area contributed by atoms with Gasteiger partial charge in [-0.2, -0.15) is 0 Å². The van der Waals surface area contributed by atoms with Crippen LogP contribution in [0.2, 0.25) is 0 Å². The van der Waals surface area contributed by atoms with Crippen LogP contribution in [0.25, 0.3) is 0 Å². The first-order chi connectivity index (χ1) is 9.52. The van der Waals surface area contributed by atoms with Crippen molar-refractivity contribution in [2.24, 2.45) is 7.05 Å². The molecule has 0 radical (unpaired) electrons. The number of aryl methyl sites for hydroxylation is 2. The lowest BCUT2D eigenvalue weighted by molar-refractivity contribution is 0.750. The number of hydrogen-bond acceptors (Lipinski definition) is 5. The first-order valence-electron chi connectivity index (χ1n) is 6.79. The van der Waals surface area contributed by atoms with Crippen LogP contribution in [0.4, 0.5) is 11.6 Å². The third kappa shape index (κ3) is 2.89. The zero-order valence-electron chi connectivity index (χ0n) is 12.8. The van der Waals surface area contributed by atoms with Gasteiger partial charge in [0.05, 0.1) is 6.54 Å². The van der Waals surface area contributed by atoms with Crippen molar-refractivity contribution in [3.63, 3.8) is 0 Å². The summed E-state index contributed by atoms with van der Waals surface area (Å²) in [6.07, 6.45) is 3.76. The Hall–Kier alpha value is -2.11. The molecule has 6 heteroatoms. The fourth-order valence-corrected chi connectivity index (χ4v) is 2.16. The molecule has 0 spiro atoms. The molecule has 20 heavy (non-hydrogen) atoms.